The molecule has 0 aromatic rings. The molecule has 0 aliphatic carbocycles. The number of carbonyl (C=O) groups is 1. The summed E-state index contributed by atoms with van der Waals surface area (Å²) >= 11 is 0. The molecule has 2 atom stereocenters. The van der Waals surface area contributed by atoms with Crippen molar-refractivity contribution in [3.8, 4) is 0 Å². The van der Waals surface area contributed by atoms with Crippen LogP contribution in [0.15, 0.2) is 11.6 Å². The van der Waals surface area contributed by atoms with E-state index in [4.69, 9.17) is 9.47 Å². The fourth-order valence-corrected chi connectivity index (χ4v) is 2.82. The van der Waals surface area contributed by atoms with Crippen molar-refractivity contribution in [2.24, 2.45) is 0 Å². The quantitative estimate of drug-likeness (QED) is 0.814. The maximum absolute atomic E-state index is 12.0. The van der Waals surface area contributed by atoms with Crippen LogP contribution in [0.5, 0.6) is 0 Å². The summed E-state index contributed by atoms with van der Waals surface area (Å²) < 4.78 is 11.0. The van der Waals surface area contributed by atoms with Gasteiger partial charge in [0.2, 0.25) is 0 Å². The summed E-state index contributed by atoms with van der Waals surface area (Å²) in [6.45, 7) is 11.0. The van der Waals surface area contributed by atoms with Gasteiger partial charge in [-0.05, 0) is 47.0 Å². The summed E-state index contributed by atoms with van der Waals surface area (Å²) in [7, 11) is 0. The van der Waals surface area contributed by atoms with Gasteiger partial charge in [0.15, 0.2) is 0 Å². The number of ether oxygens (including phenoxy) is 2. The lowest BCUT2D eigenvalue weighted by molar-refractivity contribution is 0.0136. The summed E-state index contributed by atoms with van der Waals surface area (Å²) in [5, 5.41) is 3.62. The fourth-order valence-electron chi connectivity index (χ4n) is 2.82. The van der Waals surface area contributed by atoms with Crippen LogP contribution in [0.25, 0.3) is 0 Å². The van der Waals surface area contributed by atoms with E-state index in [0.29, 0.717) is 18.7 Å². The summed E-state index contributed by atoms with van der Waals surface area (Å²) in [5.41, 5.74) is 0.960. The molecule has 2 unspecified atom stereocenters. The van der Waals surface area contributed by atoms with Crippen LogP contribution in [-0.4, -0.2) is 55.0 Å². The summed E-state index contributed by atoms with van der Waals surface area (Å²) in [6, 6.07) is 0.550. The second-order valence-corrected chi connectivity index (χ2v) is 7.32. The average Bonchev–Trinajstić information content (AvgIpc) is 2.44. The van der Waals surface area contributed by atoms with Crippen molar-refractivity contribution in [1.82, 2.24) is 10.2 Å². The van der Waals surface area contributed by atoms with Crippen molar-refractivity contribution >= 4 is 6.09 Å². The minimum atomic E-state index is -0.428. The van der Waals surface area contributed by atoms with Crippen LogP contribution in [0.2, 0.25) is 0 Å². The predicted molar refractivity (Wildman–Crippen MR) is 86.9 cm³/mol. The van der Waals surface area contributed by atoms with Crippen LogP contribution in [0.4, 0.5) is 4.79 Å². The second kappa shape index (κ2) is 7.47. The molecular formula is C17H30N2O3. The number of hydrogen-bond donors (Lipinski definition) is 1. The molecule has 2 aliphatic heterocycles. The highest BCUT2D eigenvalue weighted by atomic mass is 16.6. The van der Waals surface area contributed by atoms with Crippen LogP contribution in [0.3, 0.4) is 0 Å². The van der Waals surface area contributed by atoms with E-state index in [-0.39, 0.29) is 6.09 Å². The zero-order valence-corrected chi connectivity index (χ0v) is 14.4. The lowest BCUT2D eigenvalue weighted by Crippen LogP contribution is -2.42. The minimum Gasteiger partial charge on any atom is -0.444 e. The Morgan fingerprint density at radius 2 is 2.27 bits per heavy atom. The first-order chi connectivity index (χ1) is 10.3. The molecule has 0 aromatic heterocycles. The molecule has 5 nitrogen and oxygen atoms in total. The van der Waals surface area contributed by atoms with Gasteiger partial charge >= 0.3 is 6.09 Å². The zero-order valence-electron chi connectivity index (χ0n) is 14.4. The minimum absolute atomic E-state index is 0.214. The molecule has 1 fully saturated rings. The molecule has 126 valence electrons. The van der Waals surface area contributed by atoms with E-state index in [9.17, 15) is 4.79 Å². The molecule has 0 bridgehead atoms. The van der Waals surface area contributed by atoms with Crippen LogP contribution in [0, 0.1) is 0 Å². The van der Waals surface area contributed by atoms with E-state index in [1.807, 2.05) is 20.8 Å². The summed E-state index contributed by atoms with van der Waals surface area (Å²) in [5.74, 6) is 0. The molecule has 2 heterocycles. The lowest BCUT2D eigenvalue weighted by atomic mass is 10.0. The van der Waals surface area contributed by atoms with Crippen molar-refractivity contribution in [3.05, 3.63) is 11.6 Å². The highest BCUT2D eigenvalue weighted by Gasteiger charge is 2.24. The second-order valence-electron chi connectivity index (χ2n) is 7.32. The molecule has 2 aliphatic rings. The molecule has 0 radical (unpaired) electrons. The maximum Gasteiger partial charge on any atom is 0.410 e. The van der Waals surface area contributed by atoms with Crippen LogP contribution in [-0.2, 0) is 9.47 Å². The average molecular weight is 310 g/mol. The molecule has 0 spiro atoms. The fraction of sp³-hybridized carbons (Fsp3) is 0.824. The molecule has 1 saturated heterocycles. The number of carbonyl (C=O) groups excluding carboxylic acids is 1. The zero-order chi connectivity index (χ0) is 16.2. The highest BCUT2D eigenvalue weighted by Crippen LogP contribution is 2.17. The van der Waals surface area contributed by atoms with Gasteiger partial charge in [-0.3, -0.25) is 0 Å². The van der Waals surface area contributed by atoms with Gasteiger partial charge in [-0.15, -0.1) is 0 Å². The first-order valence-corrected chi connectivity index (χ1v) is 8.34. The topological polar surface area (TPSA) is 50.8 Å². The van der Waals surface area contributed by atoms with Crippen LogP contribution >= 0.6 is 0 Å². The lowest BCUT2D eigenvalue weighted by Gasteiger charge is -2.31. The van der Waals surface area contributed by atoms with Crippen molar-refractivity contribution in [1.29, 1.82) is 0 Å². The van der Waals surface area contributed by atoms with Gasteiger partial charge in [0.05, 0.1) is 6.10 Å². The first-order valence-electron chi connectivity index (χ1n) is 8.34. The summed E-state index contributed by atoms with van der Waals surface area (Å²) in [6.07, 6.45) is 5.39. The van der Waals surface area contributed by atoms with Gasteiger partial charge in [0.1, 0.15) is 5.60 Å². The smallest absolute Gasteiger partial charge is 0.410 e. The molecular weight excluding hydrogens is 280 g/mol. The number of rotatable bonds is 3. The molecule has 0 saturated carbocycles. The maximum atomic E-state index is 12.0. The van der Waals surface area contributed by atoms with Crippen molar-refractivity contribution in [3.63, 3.8) is 0 Å². The number of hydrogen-bond acceptors (Lipinski definition) is 4. The van der Waals surface area contributed by atoms with Gasteiger partial charge in [-0.1, -0.05) is 11.6 Å². The van der Waals surface area contributed by atoms with Crippen molar-refractivity contribution in [2.45, 2.75) is 64.7 Å². The normalized spacial score (nSPS) is 26.5. The van der Waals surface area contributed by atoms with Gasteiger partial charge in [0, 0.05) is 32.3 Å². The largest absolute Gasteiger partial charge is 0.444 e. The molecule has 5 heteroatoms. The number of amides is 1. The Morgan fingerprint density at radius 3 is 2.86 bits per heavy atom. The Labute approximate surface area is 134 Å². The molecule has 22 heavy (non-hydrogen) atoms. The Morgan fingerprint density at radius 1 is 1.50 bits per heavy atom. The number of nitrogens with one attached hydrogen (secondary N) is 1. The van der Waals surface area contributed by atoms with E-state index < -0.39 is 5.60 Å². The SMILES string of the molecule is CC1CC(NCC2=CCN(C(=O)OC(C)(C)C)CC2)CCO1. The van der Waals surface area contributed by atoms with Gasteiger partial charge in [-0.25, -0.2) is 4.79 Å². The third kappa shape index (κ3) is 5.61. The molecule has 2 rings (SSSR count). The van der Waals surface area contributed by atoms with Gasteiger partial charge in [0.25, 0.3) is 0 Å². The monoisotopic (exact) mass is 310 g/mol. The van der Waals surface area contributed by atoms with Crippen molar-refractivity contribution < 1.29 is 14.3 Å². The first kappa shape index (κ1) is 17.3. The van der Waals surface area contributed by atoms with Gasteiger partial charge in [-0.2, -0.15) is 0 Å². The number of nitrogens with zero attached hydrogens (tertiary/aromatic N) is 1. The van der Waals surface area contributed by atoms with E-state index in [1.165, 1.54) is 5.57 Å². The third-order valence-corrected chi connectivity index (χ3v) is 4.06. The Bertz CT molecular complexity index is 415. The highest BCUT2D eigenvalue weighted by molar-refractivity contribution is 5.68. The third-order valence-electron chi connectivity index (χ3n) is 4.06. The Hall–Kier alpha value is -1.07. The van der Waals surface area contributed by atoms with Crippen LogP contribution < -0.4 is 5.32 Å². The van der Waals surface area contributed by atoms with E-state index in [0.717, 1.165) is 39.0 Å². The van der Waals surface area contributed by atoms with Crippen LogP contribution in [0.1, 0.15) is 47.0 Å². The van der Waals surface area contributed by atoms with E-state index in [1.54, 1.807) is 4.90 Å². The van der Waals surface area contributed by atoms with E-state index >= 15 is 0 Å². The predicted octanol–water partition coefficient (Wildman–Crippen LogP) is 2.71. The Kier molecular flexibility index (Phi) is 5.87. The van der Waals surface area contributed by atoms with Gasteiger partial charge < -0.3 is 19.7 Å². The van der Waals surface area contributed by atoms with Crippen molar-refractivity contribution in [2.75, 3.05) is 26.2 Å². The Balaban J connectivity index is 1.73. The van der Waals surface area contributed by atoms with E-state index in [2.05, 4.69) is 18.3 Å². The molecule has 1 amide bonds. The standard InChI is InChI=1S/C17H30N2O3/c1-13-11-15(7-10-21-13)18-12-14-5-8-19(9-6-14)16(20)22-17(2,3)4/h5,13,15,18H,6-12H2,1-4H3. The molecule has 0 aromatic carbocycles. The summed E-state index contributed by atoms with van der Waals surface area (Å²) in [4.78, 5) is 13.8. The molecule has 1 N–H and O–H groups in total.